The summed E-state index contributed by atoms with van der Waals surface area (Å²) >= 11 is 0. The van der Waals surface area contributed by atoms with Crippen LogP contribution in [0.2, 0.25) is 0 Å². The van der Waals surface area contributed by atoms with Gasteiger partial charge in [0, 0.05) is 54.9 Å². The van der Waals surface area contributed by atoms with Crippen molar-refractivity contribution in [3.05, 3.63) is 72.6 Å². The van der Waals surface area contributed by atoms with E-state index in [1.165, 1.54) is 6.33 Å². The van der Waals surface area contributed by atoms with Gasteiger partial charge < -0.3 is 15.4 Å². The van der Waals surface area contributed by atoms with Crippen molar-refractivity contribution >= 4 is 33.4 Å². The Balaban J connectivity index is 1.41. The Morgan fingerprint density at radius 1 is 1.03 bits per heavy atom. The number of anilines is 2. The lowest BCUT2D eigenvalue weighted by Gasteiger charge is -2.17. The molecule has 0 aliphatic carbocycles. The topological polar surface area (TPSA) is 95.0 Å². The van der Waals surface area contributed by atoms with Gasteiger partial charge in [-0.25, -0.2) is 9.97 Å². The maximum Gasteiger partial charge on any atom is 0.150 e. The van der Waals surface area contributed by atoms with E-state index >= 15 is 0 Å². The fourth-order valence-electron chi connectivity index (χ4n) is 3.91. The monoisotopic (exact) mass is 439 g/mol. The highest BCUT2D eigenvalue weighted by atomic mass is 16.5. The number of ether oxygens (including phenoxy) is 1. The number of benzene rings is 1. The van der Waals surface area contributed by atoms with Gasteiger partial charge in [-0.15, -0.1) is 0 Å². The van der Waals surface area contributed by atoms with Crippen LogP contribution in [0.3, 0.4) is 0 Å². The van der Waals surface area contributed by atoms with E-state index in [1.807, 2.05) is 49.1 Å². The second kappa shape index (κ2) is 8.38. The fraction of sp³-hybridized carbons (Fsp3) is 0.200. The van der Waals surface area contributed by atoms with Crippen molar-refractivity contribution in [1.29, 1.82) is 0 Å². The predicted molar refractivity (Wildman–Crippen MR) is 131 cm³/mol. The molecule has 1 aromatic carbocycles. The number of pyridine rings is 2. The summed E-state index contributed by atoms with van der Waals surface area (Å²) in [5.41, 5.74) is 11.7. The highest BCUT2D eigenvalue weighted by Gasteiger charge is 2.10. The molecule has 0 bridgehead atoms. The minimum absolute atomic E-state index is 0.386. The van der Waals surface area contributed by atoms with Gasteiger partial charge in [0.05, 0.1) is 22.8 Å². The Morgan fingerprint density at radius 3 is 2.73 bits per heavy atom. The van der Waals surface area contributed by atoms with Gasteiger partial charge in [0.2, 0.25) is 0 Å². The minimum atomic E-state index is 0.386. The largest absolute Gasteiger partial charge is 0.489 e. The van der Waals surface area contributed by atoms with Crippen molar-refractivity contribution in [2.24, 2.45) is 0 Å². The molecule has 0 atom stereocenters. The van der Waals surface area contributed by atoms with Crippen LogP contribution in [0, 0.1) is 0 Å². The molecule has 0 radical (unpaired) electrons. The van der Waals surface area contributed by atoms with Crippen LogP contribution in [0.4, 0.5) is 11.5 Å². The number of hydrogen-bond acceptors (Lipinski definition) is 7. The van der Waals surface area contributed by atoms with Crippen LogP contribution in [-0.2, 0) is 13.0 Å². The van der Waals surface area contributed by atoms with Crippen LogP contribution in [0.15, 0.2) is 61.3 Å². The summed E-state index contributed by atoms with van der Waals surface area (Å²) in [6, 6.07) is 12.1. The van der Waals surface area contributed by atoms with Gasteiger partial charge >= 0.3 is 0 Å². The van der Waals surface area contributed by atoms with Crippen LogP contribution >= 0.6 is 0 Å². The Kier molecular flexibility index (Phi) is 5.26. The molecule has 8 heteroatoms. The molecule has 4 heterocycles. The van der Waals surface area contributed by atoms with E-state index in [1.54, 1.807) is 12.4 Å². The normalized spacial score (nSPS) is 11.2. The lowest BCUT2D eigenvalue weighted by molar-refractivity contribution is 0.306. The molecule has 166 valence electrons. The van der Waals surface area contributed by atoms with Crippen molar-refractivity contribution in [2.75, 3.05) is 24.7 Å². The van der Waals surface area contributed by atoms with Crippen molar-refractivity contribution in [2.45, 2.75) is 20.0 Å². The van der Waals surface area contributed by atoms with Crippen molar-refractivity contribution < 1.29 is 4.74 Å². The molecule has 0 spiro atoms. The van der Waals surface area contributed by atoms with Crippen LogP contribution in [-0.4, -0.2) is 38.6 Å². The third-order valence-corrected chi connectivity index (χ3v) is 5.63. The first-order chi connectivity index (χ1) is 16.0. The molecule has 0 fully saturated rings. The summed E-state index contributed by atoms with van der Waals surface area (Å²) in [5, 5.41) is 1.92. The number of aromatic nitrogens is 5. The molecule has 5 rings (SSSR count). The molecule has 5 aromatic rings. The SMILES string of the molecule is CCc1cc(N(C)C)c2ccc(OCc3cncc(-n4ccc5c(N)ncnc54)c3)cc2n1. The molecule has 2 N–H and O–H groups in total. The molecule has 0 aliphatic heterocycles. The van der Waals surface area contributed by atoms with Gasteiger partial charge in [-0.1, -0.05) is 6.92 Å². The van der Waals surface area contributed by atoms with Gasteiger partial charge in [0.15, 0.2) is 0 Å². The van der Waals surface area contributed by atoms with Gasteiger partial charge in [-0.2, -0.15) is 0 Å². The maximum absolute atomic E-state index is 6.10. The van der Waals surface area contributed by atoms with Crippen LogP contribution < -0.4 is 15.4 Å². The van der Waals surface area contributed by atoms with E-state index in [-0.39, 0.29) is 0 Å². The molecule has 0 amide bonds. The van der Waals surface area contributed by atoms with Gasteiger partial charge in [0.1, 0.15) is 30.1 Å². The highest BCUT2D eigenvalue weighted by Crippen LogP contribution is 2.29. The number of nitrogen functional groups attached to an aromatic ring is 1. The predicted octanol–water partition coefficient (Wildman–Crippen LogP) is 4.15. The Labute approximate surface area is 191 Å². The zero-order chi connectivity index (χ0) is 22.9. The second-order valence-electron chi connectivity index (χ2n) is 8.08. The molecule has 4 aromatic heterocycles. The molecular formula is C25H25N7O. The Hall–Kier alpha value is -4.20. The summed E-state index contributed by atoms with van der Waals surface area (Å²) in [7, 11) is 4.10. The van der Waals surface area contributed by atoms with Crippen LogP contribution in [0.5, 0.6) is 5.75 Å². The van der Waals surface area contributed by atoms with E-state index in [2.05, 4.69) is 38.9 Å². The molecule has 8 nitrogen and oxygen atoms in total. The summed E-state index contributed by atoms with van der Waals surface area (Å²) in [6.45, 7) is 2.50. The number of rotatable bonds is 6. The average Bonchev–Trinajstić information content (AvgIpc) is 3.27. The summed E-state index contributed by atoms with van der Waals surface area (Å²) in [4.78, 5) is 19.7. The van der Waals surface area contributed by atoms with Crippen LogP contribution in [0.25, 0.3) is 27.6 Å². The number of nitrogens with zero attached hydrogens (tertiary/aromatic N) is 6. The molecule has 0 unspecified atom stereocenters. The Bertz CT molecular complexity index is 1460. The number of fused-ring (bicyclic) bond motifs is 2. The maximum atomic E-state index is 6.10. The molecule has 33 heavy (non-hydrogen) atoms. The summed E-state index contributed by atoms with van der Waals surface area (Å²) in [6.07, 6.45) is 7.85. The lowest BCUT2D eigenvalue weighted by atomic mass is 10.1. The third-order valence-electron chi connectivity index (χ3n) is 5.63. The average molecular weight is 440 g/mol. The Morgan fingerprint density at radius 2 is 1.91 bits per heavy atom. The second-order valence-corrected chi connectivity index (χ2v) is 8.08. The number of aryl methyl sites for hydroxylation is 1. The standard InChI is InChI=1S/C25H25N7O/c1-4-17-10-23(31(2)3)20-6-5-19(11-22(20)30-17)33-14-16-9-18(13-27-12-16)32-8-7-21-24(26)28-15-29-25(21)32/h5-13,15H,4,14H2,1-3H3,(H2,26,28,29). The summed E-state index contributed by atoms with van der Waals surface area (Å²) in [5.74, 6) is 1.23. The van der Waals surface area contributed by atoms with Crippen molar-refractivity contribution in [3.63, 3.8) is 0 Å². The molecule has 0 saturated heterocycles. The molecule has 0 aliphatic rings. The van der Waals surface area contributed by atoms with E-state index in [4.69, 9.17) is 15.5 Å². The van der Waals surface area contributed by atoms with Gasteiger partial charge in [-0.05, 0) is 36.8 Å². The van der Waals surface area contributed by atoms with Crippen molar-refractivity contribution in [1.82, 2.24) is 24.5 Å². The quantitative estimate of drug-likeness (QED) is 0.425. The van der Waals surface area contributed by atoms with E-state index < -0.39 is 0 Å². The van der Waals surface area contributed by atoms with E-state index in [0.717, 1.165) is 56.7 Å². The van der Waals surface area contributed by atoms with E-state index in [9.17, 15) is 0 Å². The first-order valence-electron chi connectivity index (χ1n) is 10.8. The van der Waals surface area contributed by atoms with Crippen LogP contribution in [0.1, 0.15) is 18.2 Å². The first-order valence-corrected chi connectivity index (χ1v) is 10.8. The summed E-state index contributed by atoms with van der Waals surface area (Å²) < 4.78 is 8.05. The number of nitrogens with two attached hydrogens (primary N) is 1. The third kappa shape index (κ3) is 3.91. The zero-order valence-electron chi connectivity index (χ0n) is 18.9. The molecular weight excluding hydrogens is 414 g/mol. The fourth-order valence-corrected chi connectivity index (χ4v) is 3.91. The van der Waals surface area contributed by atoms with Crippen molar-refractivity contribution in [3.8, 4) is 11.4 Å². The smallest absolute Gasteiger partial charge is 0.150 e. The number of hydrogen-bond donors (Lipinski definition) is 1. The zero-order valence-corrected chi connectivity index (χ0v) is 18.9. The molecule has 0 saturated carbocycles. The van der Waals surface area contributed by atoms with E-state index in [0.29, 0.717) is 12.4 Å². The highest BCUT2D eigenvalue weighted by molar-refractivity contribution is 5.92. The van der Waals surface area contributed by atoms with Gasteiger partial charge in [0.25, 0.3) is 0 Å². The first kappa shape index (κ1) is 20.7. The van der Waals surface area contributed by atoms with Gasteiger partial charge in [-0.3, -0.25) is 14.5 Å². The minimum Gasteiger partial charge on any atom is -0.489 e. The lowest BCUT2D eigenvalue weighted by Crippen LogP contribution is -2.10.